The van der Waals surface area contributed by atoms with Crippen molar-refractivity contribution in [1.29, 1.82) is 0 Å². The second-order valence-electron chi connectivity index (χ2n) is 7.45. The third-order valence-electron chi connectivity index (χ3n) is 4.90. The van der Waals surface area contributed by atoms with Crippen LogP contribution in [0.4, 0.5) is 10.5 Å². The van der Waals surface area contributed by atoms with Crippen molar-refractivity contribution in [1.82, 2.24) is 4.98 Å². The van der Waals surface area contributed by atoms with Crippen LogP contribution in [-0.4, -0.2) is 29.4 Å². The molecule has 2 N–H and O–H groups in total. The molecule has 7 nitrogen and oxygen atoms in total. The molecule has 8 heteroatoms. The number of aromatic nitrogens is 1. The molecule has 0 aliphatic carbocycles. The van der Waals surface area contributed by atoms with Crippen LogP contribution in [0.2, 0.25) is 0 Å². The fourth-order valence-electron chi connectivity index (χ4n) is 2.58. The Balaban J connectivity index is 1.69. The van der Waals surface area contributed by atoms with Crippen molar-refractivity contribution in [3.63, 3.8) is 0 Å². The highest BCUT2D eigenvalue weighted by molar-refractivity contribution is 6.62. The van der Waals surface area contributed by atoms with E-state index >= 15 is 0 Å². The van der Waals surface area contributed by atoms with Gasteiger partial charge >= 0.3 is 13.2 Å². The number of carbonyl (C=O) groups excluding carboxylic acids is 1. The van der Waals surface area contributed by atoms with E-state index in [1.807, 2.05) is 58.0 Å². The number of nitrogens with one attached hydrogen (secondary N) is 2. The number of H-pyrrole nitrogens is 1. The van der Waals surface area contributed by atoms with E-state index in [1.165, 1.54) is 12.3 Å². The van der Waals surface area contributed by atoms with E-state index in [4.69, 9.17) is 14.0 Å². The zero-order chi connectivity index (χ0) is 19.7. The molecule has 0 unspecified atom stereocenters. The first-order valence-corrected chi connectivity index (χ1v) is 8.74. The van der Waals surface area contributed by atoms with Gasteiger partial charge in [-0.25, -0.2) is 4.79 Å². The molecular formula is C19H23BN2O5. The number of anilines is 1. The third kappa shape index (κ3) is 4.23. The molecule has 3 rings (SSSR count). The van der Waals surface area contributed by atoms with Gasteiger partial charge in [0.05, 0.1) is 11.2 Å². The Morgan fingerprint density at radius 2 is 1.78 bits per heavy atom. The van der Waals surface area contributed by atoms with Gasteiger partial charge in [0, 0.05) is 11.7 Å². The summed E-state index contributed by atoms with van der Waals surface area (Å²) in [7, 11) is -0.646. The summed E-state index contributed by atoms with van der Waals surface area (Å²) in [6.07, 6.45) is 0.806. The van der Waals surface area contributed by atoms with Crippen LogP contribution in [0.25, 0.3) is 0 Å². The van der Waals surface area contributed by atoms with E-state index in [0.717, 1.165) is 5.56 Å². The molecule has 1 aromatic heterocycles. The Labute approximate surface area is 158 Å². The van der Waals surface area contributed by atoms with Crippen molar-refractivity contribution < 1.29 is 18.8 Å². The van der Waals surface area contributed by atoms with E-state index < -0.39 is 30.0 Å². The summed E-state index contributed by atoms with van der Waals surface area (Å²) in [5.74, 6) is 0. The van der Waals surface area contributed by atoms with Gasteiger partial charge in [-0.15, -0.1) is 0 Å². The number of carbonyl (C=O) groups is 1. The number of pyridine rings is 1. The first kappa shape index (κ1) is 19.2. The predicted molar refractivity (Wildman–Crippen MR) is 103 cm³/mol. The minimum absolute atomic E-state index is 0.0697. The van der Waals surface area contributed by atoms with Crippen molar-refractivity contribution in [2.75, 3.05) is 5.32 Å². The summed E-state index contributed by atoms with van der Waals surface area (Å²) < 4.78 is 17.1. The van der Waals surface area contributed by atoms with Crippen molar-refractivity contribution in [2.24, 2.45) is 0 Å². The van der Waals surface area contributed by atoms with Gasteiger partial charge in [0.1, 0.15) is 12.3 Å². The van der Waals surface area contributed by atoms with E-state index in [1.54, 1.807) is 0 Å². The Bertz CT molecular complexity index is 863. The molecule has 142 valence electrons. The first-order valence-electron chi connectivity index (χ1n) is 8.74. The second kappa shape index (κ2) is 7.21. The lowest BCUT2D eigenvalue weighted by Crippen LogP contribution is -2.41. The fraction of sp³-hybridized carbons (Fsp3) is 0.368. The normalized spacial score (nSPS) is 17.6. The van der Waals surface area contributed by atoms with Crippen LogP contribution in [0.15, 0.2) is 47.4 Å². The van der Waals surface area contributed by atoms with Gasteiger partial charge in [0.15, 0.2) is 0 Å². The van der Waals surface area contributed by atoms with Gasteiger partial charge in [0.2, 0.25) is 0 Å². The number of benzene rings is 1. The van der Waals surface area contributed by atoms with Crippen LogP contribution in [0.5, 0.6) is 0 Å². The molecular weight excluding hydrogens is 347 g/mol. The summed E-state index contributed by atoms with van der Waals surface area (Å²) in [6.45, 7) is 7.89. The largest absolute Gasteiger partial charge is 0.496 e. The molecule has 1 fully saturated rings. The van der Waals surface area contributed by atoms with Gasteiger partial charge in [-0.05, 0) is 39.3 Å². The average molecular weight is 370 g/mol. The van der Waals surface area contributed by atoms with Crippen LogP contribution in [0.1, 0.15) is 33.3 Å². The SMILES string of the molecule is CC1(C)OB(c2c[nH]c(=O)c(NC(=O)OCc3ccccc3)c2)OC1(C)C. The predicted octanol–water partition coefficient (Wildman–Crippen LogP) is 2.42. The quantitative estimate of drug-likeness (QED) is 0.807. The van der Waals surface area contributed by atoms with E-state index in [9.17, 15) is 9.59 Å². The number of ether oxygens (including phenoxy) is 1. The summed E-state index contributed by atoms with van der Waals surface area (Å²) in [5.41, 5.74) is 0.0813. The molecule has 1 amide bonds. The van der Waals surface area contributed by atoms with Crippen LogP contribution >= 0.6 is 0 Å². The second-order valence-corrected chi connectivity index (χ2v) is 7.45. The molecule has 1 saturated heterocycles. The average Bonchev–Trinajstić information content (AvgIpc) is 2.83. The highest BCUT2D eigenvalue weighted by atomic mass is 16.7. The monoisotopic (exact) mass is 370 g/mol. The standard InChI is InChI=1S/C19H23BN2O5/c1-18(2)19(3,4)27-20(26-18)14-10-15(16(23)21-11-14)22-17(24)25-12-13-8-6-5-7-9-13/h5-11H,12H2,1-4H3,(H,21,23)(H,22,24). The molecule has 0 saturated carbocycles. The van der Waals surface area contributed by atoms with E-state index in [0.29, 0.717) is 5.46 Å². The minimum atomic E-state index is -0.713. The number of rotatable bonds is 4. The lowest BCUT2D eigenvalue weighted by atomic mass is 9.80. The number of aromatic amines is 1. The van der Waals surface area contributed by atoms with Crippen molar-refractivity contribution >= 4 is 24.4 Å². The smallest absolute Gasteiger partial charge is 0.444 e. The molecule has 2 heterocycles. The summed E-state index contributed by atoms with van der Waals surface area (Å²) >= 11 is 0. The maximum Gasteiger partial charge on any atom is 0.496 e. The topological polar surface area (TPSA) is 89.7 Å². The summed E-state index contributed by atoms with van der Waals surface area (Å²) in [5, 5.41) is 2.47. The van der Waals surface area contributed by atoms with Crippen molar-refractivity contribution in [3.8, 4) is 0 Å². The number of amides is 1. The van der Waals surface area contributed by atoms with Crippen LogP contribution in [-0.2, 0) is 20.7 Å². The number of hydrogen-bond donors (Lipinski definition) is 2. The minimum Gasteiger partial charge on any atom is -0.444 e. The maximum absolute atomic E-state index is 12.0. The van der Waals surface area contributed by atoms with Gasteiger partial charge in [-0.2, -0.15) is 0 Å². The fourth-order valence-corrected chi connectivity index (χ4v) is 2.58. The highest BCUT2D eigenvalue weighted by Crippen LogP contribution is 2.36. The zero-order valence-corrected chi connectivity index (χ0v) is 15.9. The lowest BCUT2D eigenvalue weighted by molar-refractivity contribution is 0.00578. The van der Waals surface area contributed by atoms with Gasteiger partial charge < -0.3 is 19.0 Å². The zero-order valence-electron chi connectivity index (χ0n) is 15.9. The lowest BCUT2D eigenvalue weighted by Gasteiger charge is -2.32. The molecule has 1 aromatic carbocycles. The molecule has 0 bridgehead atoms. The van der Waals surface area contributed by atoms with Crippen molar-refractivity contribution in [2.45, 2.75) is 45.5 Å². The Morgan fingerprint density at radius 3 is 2.41 bits per heavy atom. The van der Waals surface area contributed by atoms with Crippen molar-refractivity contribution in [3.05, 3.63) is 58.5 Å². The Kier molecular flexibility index (Phi) is 5.12. The molecule has 1 aliphatic heterocycles. The molecule has 2 aromatic rings. The van der Waals surface area contributed by atoms with Crippen LogP contribution in [0.3, 0.4) is 0 Å². The van der Waals surface area contributed by atoms with Crippen LogP contribution < -0.4 is 16.3 Å². The molecule has 1 aliphatic rings. The summed E-state index contributed by atoms with van der Waals surface area (Å²) in [4.78, 5) is 26.7. The third-order valence-corrected chi connectivity index (χ3v) is 4.90. The van der Waals surface area contributed by atoms with E-state index in [-0.39, 0.29) is 12.3 Å². The highest BCUT2D eigenvalue weighted by Gasteiger charge is 2.51. The molecule has 0 radical (unpaired) electrons. The molecule has 0 spiro atoms. The first-order chi connectivity index (χ1) is 12.7. The summed E-state index contributed by atoms with van der Waals surface area (Å²) in [6, 6.07) is 10.8. The van der Waals surface area contributed by atoms with Gasteiger partial charge in [-0.3, -0.25) is 10.1 Å². The van der Waals surface area contributed by atoms with Gasteiger partial charge in [-0.1, -0.05) is 30.3 Å². The van der Waals surface area contributed by atoms with Gasteiger partial charge in [0.25, 0.3) is 5.56 Å². The number of hydrogen-bond acceptors (Lipinski definition) is 5. The molecule has 0 atom stereocenters. The molecule has 27 heavy (non-hydrogen) atoms. The van der Waals surface area contributed by atoms with Crippen LogP contribution in [0, 0.1) is 0 Å². The maximum atomic E-state index is 12.0. The Hall–Kier alpha value is -2.58. The Morgan fingerprint density at radius 1 is 1.15 bits per heavy atom. The van der Waals surface area contributed by atoms with E-state index in [2.05, 4.69) is 10.3 Å².